The Hall–Kier alpha value is -0.520. The highest BCUT2D eigenvalue weighted by atomic mass is 13.9. The van der Waals surface area contributed by atoms with E-state index in [1.165, 1.54) is 6.42 Å². The molecule has 0 rings (SSSR count). The highest BCUT2D eigenvalue weighted by Gasteiger charge is 1.85. The first-order valence-corrected chi connectivity index (χ1v) is 3.44. The van der Waals surface area contributed by atoms with Crippen molar-refractivity contribution in [2.24, 2.45) is 5.92 Å². The molecular formula is C9H18. The Morgan fingerprint density at radius 2 is 1.89 bits per heavy atom. The van der Waals surface area contributed by atoms with Gasteiger partial charge in [-0.2, -0.15) is 0 Å². The molecule has 0 aromatic rings. The van der Waals surface area contributed by atoms with Gasteiger partial charge in [0, 0.05) is 0 Å². The lowest BCUT2D eigenvalue weighted by atomic mass is 10.1. The van der Waals surface area contributed by atoms with Crippen LogP contribution in [0.5, 0.6) is 0 Å². The molecule has 0 aromatic heterocycles. The van der Waals surface area contributed by atoms with E-state index >= 15 is 0 Å². The van der Waals surface area contributed by atoms with Gasteiger partial charge < -0.3 is 0 Å². The Balaban J connectivity index is 0. The van der Waals surface area contributed by atoms with Gasteiger partial charge in [0.1, 0.15) is 0 Å². The van der Waals surface area contributed by atoms with Gasteiger partial charge in [-0.05, 0) is 12.8 Å². The lowest BCUT2D eigenvalue weighted by Crippen LogP contribution is -1.81. The number of rotatable bonds is 2. The molecule has 1 unspecified atom stereocenters. The van der Waals surface area contributed by atoms with Gasteiger partial charge in [0.2, 0.25) is 0 Å². The molecule has 0 spiro atoms. The van der Waals surface area contributed by atoms with Crippen LogP contribution in [0, 0.1) is 5.92 Å². The van der Waals surface area contributed by atoms with E-state index in [0.717, 1.165) is 5.92 Å². The predicted octanol–water partition coefficient (Wildman–Crippen LogP) is 3.41. The van der Waals surface area contributed by atoms with Gasteiger partial charge in [0.05, 0.1) is 0 Å². The van der Waals surface area contributed by atoms with Gasteiger partial charge in [-0.1, -0.05) is 32.4 Å². The van der Waals surface area contributed by atoms with E-state index in [9.17, 15) is 0 Å². The van der Waals surface area contributed by atoms with Crippen molar-refractivity contribution in [2.75, 3.05) is 0 Å². The highest BCUT2D eigenvalue weighted by Crippen LogP contribution is 2.00. The Morgan fingerprint density at radius 1 is 1.44 bits per heavy atom. The lowest BCUT2D eigenvalue weighted by molar-refractivity contribution is 0.697. The second kappa shape index (κ2) is 10.5. The van der Waals surface area contributed by atoms with Crippen LogP contribution in [0.3, 0.4) is 0 Å². The van der Waals surface area contributed by atoms with Crippen molar-refractivity contribution >= 4 is 0 Å². The smallest absolute Gasteiger partial charge is 0.0265 e. The van der Waals surface area contributed by atoms with E-state index in [4.69, 9.17) is 0 Å². The SMILES string of the molecule is C/C=C\C(C)CC.C=C. The zero-order chi connectivity index (χ0) is 7.70. The van der Waals surface area contributed by atoms with Crippen molar-refractivity contribution in [1.82, 2.24) is 0 Å². The molecule has 0 aliphatic heterocycles. The predicted molar refractivity (Wildman–Crippen MR) is 45.5 cm³/mol. The summed E-state index contributed by atoms with van der Waals surface area (Å²) in [6.45, 7) is 12.5. The fourth-order valence-corrected chi connectivity index (χ4v) is 0.465. The number of allylic oxidation sites excluding steroid dienone is 2. The zero-order valence-electron chi connectivity index (χ0n) is 6.85. The average Bonchev–Trinajstić information content (AvgIpc) is 1.93. The van der Waals surface area contributed by atoms with Gasteiger partial charge >= 0.3 is 0 Å². The maximum Gasteiger partial charge on any atom is -0.0265 e. The molecule has 0 heterocycles. The van der Waals surface area contributed by atoms with Gasteiger partial charge in [-0.15, -0.1) is 13.2 Å². The summed E-state index contributed by atoms with van der Waals surface area (Å²) in [5.41, 5.74) is 0. The molecule has 0 saturated heterocycles. The first kappa shape index (κ1) is 11.3. The minimum atomic E-state index is 0.769. The van der Waals surface area contributed by atoms with E-state index < -0.39 is 0 Å². The summed E-state index contributed by atoms with van der Waals surface area (Å²) in [4.78, 5) is 0. The van der Waals surface area contributed by atoms with E-state index in [0.29, 0.717) is 0 Å². The molecule has 0 nitrogen and oxygen atoms in total. The summed E-state index contributed by atoms with van der Waals surface area (Å²) in [5.74, 6) is 0.769. The molecule has 0 bridgehead atoms. The Bertz CT molecular complexity index is 62.4. The number of hydrogen-bond acceptors (Lipinski definition) is 0. The first-order valence-electron chi connectivity index (χ1n) is 3.44. The number of hydrogen-bond donors (Lipinski definition) is 0. The second-order valence-corrected chi connectivity index (χ2v) is 1.91. The molecule has 1 atom stereocenters. The minimum absolute atomic E-state index is 0.769. The van der Waals surface area contributed by atoms with E-state index in [-0.39, 0.29) is 0 Å². The molecular weight excluding hydrogens is 108 g/mol. The summed E-state index contributed by atoms with van der Waals surface area (Å²) in [6.07, 6.45) is 5.58. The quantitative estimate of drug-likeness (QED) is 0.497. The van der Waals surface area contributed by atoms with Crippen molar-refractivity contribution < 1.29 is 0 Å². The molecule has 0 aromatic carbocycles. The topological polar surface area (TPSA) is 0 Å². The third kappa shape index (κ3) is 11.2. The Kier molecular flexibility index (Phi) is 13.1. The normalized spacial score (nSPS) is 12.3. The van der Waals surface area contributed by atoms with Crippen LogP contribution in [0.15, 0.2) is 25.3 Å². The van der Waals surface area contributed by atoms with Crippen molar-refractivity contribution in [2.45, 2.75) is 27.2 Å². The zero-order valence-corrected chi connectivity index (χ0v) is 6.85. The van der Waals surface area contributed by atoms with E-state index in [2.05, 4.69) is 46.1 Å². The van der Waals surface area contributed by atoms with Gasteiger partial charge in [0.15, 0.2) is 0 Å². The third-order valence-corrected chi connectivity index (χ3v) is 1.16. The maximum absolute atomic E-state index is 3.00. The van der Waals surface area contributed by atoms with Crippen LogP contribution in [-0.2, 0) is 0 Å². The molecule has 0 heteroatoms. The van der Waals surface area contributed by atoms with Gasteiger partial charge in [-0.3, -0.25) is 0 Å². The van der Waals surface area contributed by atoms with E-state index in [1.54, 1.807) is 0 Å². The Labute approximate surface area is 59.3 Å². The first-order chi connectivity index (χ1) is 4.31. The monoisotopic (exact) mass is 126 g/mol. The van der Waals surface area contributed by atoms with E-state index in [1.807, 2.05) is 0 Å². The largest absolute Gasteiger partial charge is 0.106 e. The van der Waals surface area contributed by atoms with Gasteiger partial charge in [-0.25, -0.2) is 0 Å². The molecule has 0 aliphatic carbocycles. The van der Waals surface area contributed by atoms with Crippen molar-refractivity contribution in [1.29, 1.82) is 0 Å². The molecule has 0 N–H and O–H groups in total. The van der Waals surface area contributed by atoms with Crippen LogP contribution in [0.25, 0.3) is 0 Å². The molecule has 0 radical (unpaired) electrons. The molecule has 0 fully saturated rings. The molecule has 0 saturated carbocycles. The summed E-state index contributed by atoms with van der Waals surface area (Å²) >= 11 is 0. The van der Waals surface area contributed by atoms with Crippen LogP contribution in [0.4, 0.5) is 0 Å². The summed E-state index contributed by atoms with van der Waals surface area (Å²) < 4.78 is 0. The van der Waals surface area contributed by atoms with Crippen LogP contribution in [0.2, 0.25) is 0 Å². The van der Waals surface area contributed by atoms with Crippen LogP contribution in [-0.4, -0.2) is 0 Å². The Morgan fingerprint density at radius 3 is 2.00 bits per heavy atom. The average molecular weight is 126 g/mol. The second-order valence-electron chi connectivity index (χ2n) is 1.91. The third-order valence-electron chi connectivity index (χ3n) is 1.16. The standard InChI is InChI=1S/C7H14.C2H4/c1-4-6-7(3)5-2;1-2/h4,6-7H,5H2,1-3H3;1-2H2/b6-4-;. The molecule has 0 aliphatic rings. The van der Waals surface area contributed by atoms with Gasteiger partial charge in [0.25, 0.3) is 0 Å². The van der Waals surface area contributed by atoms with Crippen LogP contribution >= 0.6 is 0 Å². The lowest BCUT2D eigenvalue weighted by Gasteiger charge is -1.95. The van der Waals surface area contributed by atoms with Crippen LogP contribution < -0.4 is 0 Å². The fourth-order valence-electron chi connectivity index (χ4n) is 0.465. The van der Waals surface area contributed by atoms with Crippen molar-refractivity contribution in [3.05, 3.63) is 25.3 Å². The minimum Gasteiger partial charge on any atom is -0.106 e. The van der Waals surface area contributed by atoms with Crippen molar-refractivity contribution in [3.8, 4) is 0 Å². The summed E-state index contributed by atoms with van der Waals surface area (Å²) in [7, 11) is 0. The highest BCUT2D eigenvalue weighted by molar-refractivity contribution is 4.81. The van der Waals surface area contributed by atoms with Crippen LogP contribution in [0.1, 0.15) is 27.2 Å². The molecule has 9 heavy (non-hydrogen) atoms. The summed E-state index contributed by atoms with van der Waals surface area (Å²) in [6, 6.07) is 0. The fraction of sp³-hybridized carbons (Fsp3) is 0.556. The molecule has 0 amide bonds. The summed E-state index contributed by atoms with van der Waals surface area (Å²) in [5, 5.41) is 0. The molecule has 54 valence electrons. The van der Waals surface area contributed by atoms with Crippen molar-refractivity contribution in [3.63, 3.8) is 0 Å². The maximum atomic E-state index is 3.00.